The van der Waals surface area contributed by atoms with Crippen LogP contribution in [0.2, 0.25) is 0 Å². The standard InChI is InChI=1S/C7H12N2O/c1-6-4-9(2)7(8-6)5-10-3/h4H,5H2,1-3H3. The van der Waals surface area contributed by atoms with Crippen LogP contribution in [-0.2, 0) is 18.4 Å². The molecule has 0 spiro atoms. The molecular weight excluding hydrogens is 128 g/mol. The number of rotatable bonds is 2. The Kier molecular flexibility index (Phi) is 2.06. The summed E-state index contributed by atoms with van der Waals surface area (Å²) < 4.78 is 6.91. The highest BCUT2D eigenvalue weighted by Crippen LogP contribution is 1.99. The maximum absolute atomic E-state index is 4.94. The van der Waals surface area contributed by atoms with Gasteiger partial charge in [0.05, 0.1) is 5.69 Å². The predicted molar refractivity (Wildman–Crippen MR) is 38.7 cm³/mol. The Hall–Kier alpha value is -0.830. The third-order valence-electron chi connectivity index (χ3n) is 1.37. The number of aryl methyl sites for hydroxylation is 2. The number of hydrogen-bond donors (Lipinski definition) is 0. The highest BCUT2D eigenvalue weighted by Gasteiger charge is 1.99. The van der Waals surface area contributed by atoms with E-state index in [0.717, 1.165) is 11.5 Å². The molecule has 0 radical (unpaired) electrons. The summed E-state index contributed by atoms with van der Waals surface area (Å²) >= 11 is 0. The van der Waals surface area contributed by atoms with E-state index in [4.69, 9.17) is 4.74 Å². The van der Waals surface area contributed by atoms with Crippen LogP contribution in [0.5, 0.6) is 0 Å². The SMILES string of the molecule is COCc1nc(C)cn1C. The summed E-state index contributed by atoms with van der Waals surface area (Å²) in [4.78, 5) is 4.24. The molecule has 1 heterocycles. The highest BCUT2D eigenvalue weighted by molar-refractivity contribution is 5.00. The molecule has 3 heteroatoms. The molecule has 0 saturated heterocycles. The van der Waals surface area contributed by atoms with Gasteiger partial charge in [0, 0.05) is 20.4 Å². The molecule has 0 aliphatic carbocycles. The molecule has 1 aromatic rings. The first-order chi connectivity index (χ1) is 4.74. The van der Waals surface area contributed by atoms with Crippen LogP contribution in [0.25, 0.3) is 0 Å². The minimum Gasteiger partial charge on any atom is -0.377 e. The molecule has 10 heavy (non-hydrogen) atoms. The first-order valence-electron chi connectivity index (χ1n) is 3.22. The number of hydrogen-bond acceptors (Lipinski definition) is 2. The van der Waals surface area contributed by atoms with Crippen LogP contribution >= 0.6 is 0 Å². The van der Waals surface area contributed by atoms with E-state index >= 15 is 0 Å². The lowest BCUT2D eigenvalue weighted by Crippen LogP contribution is -1.97. The lowest BCUT2D eigenvalue weighted by molar-refractivity contribution is 0.175. The largest absolute Gasteiger partial charge is 0.377 e. The first-order valence-corrected chi connectivity index (χ1v) is 3.22. The van der Waals surface area contributed by atoms with E-state index < -0.39 is 0 Å². The molecule has 0 N–H and O–H groups in total. The van der Waals surface area contributed by atoms with Crippen LogP contribution in [0.15, 0.2) is 6.20 Å². The number of ether oxygens (including phenoxy) is 1. The van der Waals surface area contributed by atoms with E-state index in [1.807, 2.05) is 24.7 Å². The molecular formula is C7H12N2O. The van der Waals surface area contributed by atoms with E-state index in [2.05, 4.69) is 4.98 Å². The number of nitrogens with zero attached hydrogens (tertiary/aromatic N) is 2. The molecule has 1 rings (SSSR count). The van der Waals surface area contributed by atoms with Crippen molar-refractivity contribution in [1.29, 1.82) is 0 Å². The van der Waals surface area contributed by atoms with Gasteiger partial charge in [-0.05, 0) is 6.92 Å². The quantitative estimate of drug-likeness (QED) is 0.609. The maximum atomic E-state index is 4.94. The Bertz CT molecular complexity index is 217. The van der Waals surface area contributed by atoms with Gasteiger partial charge in [0.1, 0.15) is 12.4 Å². The Balaban J connectivity index is 2.81. The van der Waals surface area contributed by atoms with Crippen molar-refractivity contribution >= 4 is 0 Å². The van der Waals surface area contributed by atoms with Gasteiger partial charge in [-0.1, -0.05) is 0 Å². The number of methoxy groups -OCH3 is 1. The van der Waals surface area contributed by atoms with Gasteiger partial charge in [-0.15, -0.1) is 0 Å². The van der Waals surface area contributed by atoms with Crippen molar-refractivity contribution in [3.63, 3.8) is 0 Å². The molecule has 0 amide bonds. The Morgan fingerprint density at radius 3 is 2.80 bits per heavy atom. The van der Waals surface area contributed by atoms with E-state index in [1.165, 1.54) is 0 Å². The molecule has 0 aliphatic rings. The van der Waals surface area contributed by atoms with Crippen molar-refractivity contribution in [3.8, 4) is 0 Å². The van der Waals surface area contributed by atoms with Crippen molar-refractivity contribution in [2.75, 3.05) is 7.11 Å². The van der Waals surface area contributed by atoms with Crippen LogP contribution in [0.4, 0.5) is 0 Å². The topological polar surface area (TPSA) is 27.1 Å². The van der Waals surface area contributed by atoms with E-state index in [1.54, 1.807) is 7.11 Å². The summed E-state index contributed by atoms with van der Waals surface area (Å²) in [6.07, 6.45) is 1.98. The Labute approximate surface area is 60.6 Å². The molecule has 0 saturated carbocycles. The molecule has 0 unspecified atom stereocenters. The summed E-state index contributed by atoms with van der Waals surface area (Å²) in [6.45, 7) is 2.56. The van der Waals surface area contributed by atoms with E-state index in [0.29, 0.717) is 6.61 Å². The van der Waals surface area contributed by atoms with Gasteiger partial charge >= 0.3 is 0 Å². The summed E-state index contributed by atoms with van der Waals surface area (Å²) in [7, 11) is 3.64. The summed E-state index contributed by atoms with van der Waals surface area (Å²) in [5, 5.41) is 0. The second-order valence-corrected chi connectivity index (χ2v) is 2.34. The Morgan fingerprint density at radius 1 is 1.70 bits per heavy atom. The van der Waals surface area contributed by atoms with Crippen LogP contribution in [0, 0.1) is 6.92 Å². The van der Waals surface area contributed by atoms with Gasteiger partial charge in [0.25, 0.3) is 0 Å². The van der Waals surface area contributed by atoms with Gasteiger partial charge in [-0.25, -0.2) is 4.98 Å². The normalized spacial score (nSPS) is 10.3. The fourth-order valence-electron chi connectivity index (χ4n) is 0.929. The lowest BCUT2D eigenvalue weighted by atomic mass is 10.6. The average molecular weight is 140 g/mol. The van der Waals surface area contributed by atoms with Crippen molar-refractivity contribution in [2.45, 2.75) is 13.5 Å². The van der Waals surface area contributed by atoms with Gasteiger partial charge in [0.15, 0.2) is 0 Å². The van der Waals surface area contributed by atoms with Gasteiger partial charge in [-0.2, -0.15) is 0 Å². The van der Waals surface area contributed by atoms with Crippen molar-refractivity contribution < 1.29 is 4.74 Å². The monoisotopic (exact) mass is 140 g/mol. The van der Waals surface area contributed by atoms with Gasteiger partial charge in [-0.3, -0.25) is 0 Å². The van der Waals surface area contributed by atoms with E-state index in [9.17, 15) is 0 Å². The zero-order chi connectivity index (χ0) is 7.56. The maximum Gasteiger partial charge on any atom is 0.134 e. The molecule has 0 aliphatic heterocycles. The smallest absolute Gasteiger partial charge is 0.134 e. The minimum absolute atomic E-state index is 0.588. The second kappa shape index (κ2) is 2.84. The average Bonchev–Trinajstić information content (AvgIpc) is 2.13. The fourth-order valence-corrected chi connectivity index (χ4v) is 0.929. The molecule has 0 bridgehead atoms. The molecule has 0 fully saturated rings. The predicted octanol–water partition coefficient (Wildman–Crippen LogP) is 0.875. The van der Waals surface area contributed by atoms with Crippen molar-refractivity contribution in [2.24, 2.45) is 7.05 Å². The first kappa shape index (κ1) is 7.28. The zero-order valence-electron chi connectivity index (χ0n) is 6.59. The molecule has 3 nitrogen and oxygen atoms in total. The third kappa shape index (κ3) is 1.36. The van der Waals surface area contributed by atoms with Crippen molar-refractivity contribution in [1.82, 2.24) is 9.55 Å². The number of aromatic nitrogens is 2. The number of imidazole rings is 1. The van der Waals surface area contributed by atoms with Crippen LogP contribution in [-0.4, -0.2) is 16.7 Å². The van der Waals surface area contributed by atoms with Gasteiger partial charge < -0.3 is 9.30 Å². The zero-order valence-corrected chi connectivity index (χ0v) is 6.59. The molecule has 0 aromatic carbocycles. The fraction of sp³-hybridized carbons (Fsp3) is 0.571. The highest BCUT2D eigenvalue weighted by atomic mass is 16.5. The third-order valence-corrected chi connectivity index (χ3v) is 1.37. The van der Waals surface area contributed by atoms with Gasteiger partial charge in [0.2, 0.25) is 0 Å². The minimum atomic E-state index is 0.588. The Morgan fingerprint density at radius 2 is 2.40 bits per heavy atom. The van der Waals surface area contributed by atoms with Crippen molar-refractivity contribution in [3.05, 3.63) is 17.7 Å². The van der Waals surface area contributed by atoms with Crippen LogP contribution < -0.4 is 0 Å². The van der Waals surface area contributed by atoms with Crippen LogP contribution in [0.1, 0.15) is 11.5 Å². The second-order valence-electron chi connectivity index (χ2n) is 2.34. The summed E-state index contributed by atoms with van der Waals surface area (Å²) in [6, 6.07) is 0. The van der Waals surface area contributed by atoms with Crippen LogP contribution in [0.3, 0.4) is 0 Å². The molecule has 1 aromatic heterocycles. The summed E-state index contributed by atoms with van der Waals surface area (Å²) in [5.74, 6) is 0.972. The lowest BCUT2D eigenvalue weighted by Gasteiger charge is -1.96. The van der Waals surface area contributed by atoms with E-state index in [-0.39, 0.29) is 0 Å². The summed E-state index contributed by atoms with van der Waals surface area (Å²) in [5.41, 5.74) is 1.04. The molecule has 56 valence electrons. The molecule has 0 atom stereocenters.